The molecule has 0 aliphatic carbocycles. The van der Waals surface area contributed by atoms with E-state index in [1.165, 1.54) is 0 Å². The molecule has 100 valence electrons. The molecule has 1 N–H and O–H groups in total. The first-order valence-corrected chi connectivity index (χ1v) is 6.57. The topological polar surface area (TPSA) is 32.3 Å². The zero-order chi connectivity index (χ0) is 13.7. The van der Waals surface area contributed by atoms with Crippen molar-refractivity contribution in [1.82, 2.24) is 4.90 Å². The van der Waals surface area contributed by atoms with Crippen LogP contribution in [-0.4, -0.2) is 30.9 Å². The molecular weight excluding hydrogens is 224 g/mol. The molecule has 1 aromatic carbocycles. The number of amides is 1. The fourth-order valence-corrected chi connectivity index (χ4v) is 2.06. The monoisotopic (exact) mass is 248 g/mol. The minimum absolute atomic E-state index is 0.122. The fourth-order valence-electron chi connectivity index (χ4n) is 2.06. The van der Waals surface area contributed by atoms with E-state index in [1.807, 2.05) is 44.0 Å². The van der Waals surface area contributed by atoms with Crippen molar-refractivity contribution in [3.63, 3.8) is 0 Å². The van der Waals surface area contributed by atoms with Crippen LogP contribution in [0.5, 0.6) is 0 Å². The lowest BCUT2D eigenvalue weighted by Gasteiger charge is -2.23. The first-order chi connectivity index (χ1) is 8.49. The zero-order valence-corrected chi connectivity index (χ0v) is 12.1. The summed E-state index contributed by atoms with van der Waals surface area (Å²) in [6.45, 7) is 9.86. The molecule has 0 radical (unpaired) electrons. The van der Waals surface area contributed by atoms with E-state index in [9.17, 15) is 4.79 Å². The Kier molecular flexibility index (Phi) is 5.20. The van der Waals surface area contributed by atoms with Crippen molar-refractivity contribution in [2.45, 2.75) is 27.7 Å². The van der Waals surface area contributed by atoms with Crippen LogP contribution in [0.15, 0.2) is 18.2 Å². The van der Waals surface area contributed by atoms with Crippen molar-refractivity contribution in [3.05, 3.63) is 29.3 Å². The molecule has 0 atom stereocenters. The Morgan fingerprint density at radius 3 is 2.50 bits per heavy atom. The maximum atomic E-state index is 12.4. The SMILES string of the molecule is CCN(CC(C)C)C(=O)c1ccc(NC)c(C)c1. The Morgan fingerprint density at radius 1 is 1.39 bits per heavy atom. The van der Waals surface area contributed by atoms with E-state index in [0.29, 0.717) is 5.92 Å². The maximum absolute atomic E-state index is 12.4. The van der Waals surface area contributed by atoms with Gasteiger partial charge >= 0.3 is 0 Å². The van der Waals surface area contributed by atoms with Crippen molar-refractivity contribution in [1.29, 1.82) is 0 Å². The molecular formula is C15H24N2O. The van der Waals surface area contributed by atoms with Crippen molar-refractivity contribution >= 4 is 11.6 Å². The number of aryl methyl sites for hydroxylation is 1. The molecule has 0 aliphatic heterocycles. The highest BCUT2D eigenvalue weighted by molar-refractivity contribution is 5.95. The molecule has 0 unspecified atom stereocenters. The summed E-state index contributed by atoms with van der Waals surface area (Å²) in [6, 6.07) is 5.81. The van der Waals surface area contributed by atoms with Gasteiger partial charge in [0, 0.05) is 31.4 Å². The maximum Gasteiger partial charge on any atom is 0.253 e. The Balaban J connectivity index is 2.91. The van der Waals surface area contributed by atoms with Gasteiger partial charge in [0.2, 0.25) is 0 Å². The van der Waals surface area contributed by atoms with Gasteiger partial charge in [-0.25, -0.2) is 0 Å². The van der Waals surface area contributed by atoms with Gasteiger partial charge in [0.25, 0.3) is 5.91 Å². The number of carbonyl (C=O) groups excluding carboxylic acids is 1. The van der Waals surface area contributed by atoms with E-state index in [4.69, 9.17) is 0 Å². The van der Waals surface area contributed by atoms with Gasteiger partial charge in [-0.3, -0.25) is 4.79 Å². The number of benzene rings is 1. The van der Waals surface area contributed by atoms with E-state index < -0.39 is 0 Å². The molecule has 0 fully saturated rings. The van der Waals surface area contributed by atoms with E-state index in [0.717, 1.165) is 29.9 Å². The smallest absolute Gasteiger partial charge is 0.253 e. The first-order valence-electron chi connectivity index (χ1n) is 6.57. The lowest BCUT2D eigenvalue weighted by molar-refractivity contribution is 0.0745. The average molecular weight is 248 g/mol. The summed E-state index contributed by atoms with van der Waals surface area (Å²) in [5.41, 5.74) is 2.94. The Hall–Kier alpha value is -1.51. The normalized spacial score (nSPS) is 10.6. The molecule has 3 nitrogen and oxygen atoms in total. The van der Waals surface area contributed by atoms with Gasteiger partial charge in [-0.1, -0.05) is 13.8 Å². The quantitative estimate of drug-likeness (QED) is 0.868. The molecule has 1 amide bonds. The highest BCUT2D eigenvalue weighted by Gasteiger charge is 2.15. The molecule has 3 heteroatoms. The molecule has 0 saturated heterocycles. The lowest BCUT2D eigenvalue weighted by Crippen LogP contribution is -2.34. The molecule has 0 heterocycles. The number of hydrogen-bond acceptors (Lipinski definition) is 2. The zero-order valence-electron chi connectivity index (χ0n) is 12.1. The van der Waals surface area contributed by atoms with Crippen molar-refractivity contribution < 1.29 is 4.79 Å². The second-order valence-electron chi connectivity index (χ2n) is 5.02. The van der Waals surface area contributed by atoms with Gasteiger partial charge in [0.15, 0.2) is 0 Å². The average Bonchev–Trinajstić information content (AvgIpc) is 2.34. The van der Waals surface area contributed by atoms with Crippen LogP contribution in [0.1, 0.15) is 36.7 Å². The van der Waals surface area contributed by atoms with Crippen LogP contribution in [0.4, 0.5) is 5.69 Å². The molecule has 0 spiro atoms. The van der Waals surface area contributed by atoms with Crippen molar-refractivity contribution in [2.24, 2.45) is 5.92 Å². The van der Waals surface area contributed by atoms with Crippen molar-refractivity contribution in [2.75, 3.05) is 25.5 Å². The van der Waals surface area contributed by atoms with Gasteiger partial charge in [-0.15, -0.1) is 0 Å². The van der Waals surface area contributed by atoms with Crippen molar-refractivity contribution in [3.8, 4) is 0 Å². The van der Waals surface area contributed by atoms with Crippen LogP contribution in [0.3, 0.4) is 0 Å². The molecule has 1 rings (SSSR count). The number of nitrogens with zero attached hydrogens (tertiary/aromatic N) is 1. The molecule has 1 aromatic rings. The minimum atomic E-state index is 0.122. The summed E-state index contributed by atoms with van der Waals surface area (Å²) in [5.74, 6) is 0.614. The summed E-state index contributed by atoms with van der Waals surface area (Å²) in [5, 5.41) is 3.11. The van der Waals surface area contributed by atoms with E-state index >= 15 is 0 Å². The molecule has 0 aliphatic rings. The number of nitrogens with one attached hydrogen (secondary N) is 1. The predicted molar refractivity (Wildman–Crippen MR) is 77.1 cm³/mol. The summed E-state index contributed by atoms with van der Waals surface area (Å²) in [6.07, 6.45) is 0. The van der Waals surface area contributed by atoms with Gasteiger partial charge in [-0.2, -0.15) is 0 Å². The highest BCUT2D eigenvalue weighted by Crippen LogP contribution is 2.17. The third-order valence-electron chi connectivity index (χ3n) is 3.00. The predicted octanol–water partition coefficient (Wildman–Crippen LogP) is 3.15. The van der Waals surface area contributed by atoms with E-state index in [-0.39, 0.29) is 5.91 Å². The van der Waals surface area contributed by atoms with Crippen LogP contribution in [-0.2, 0) is 0 Å². The van der Waals surface area contributed by atoms with E-state index in [2.05, 4.69) is 19.2 Å². The second-order valence-corrected chi connectivity index (χ2v) is 5.02. The summed E-state index contributed by atoms with van der Waals surface area (Å²) in [7, 11) is 1.89. The van der Waals surface area contributed by atoms with Crippen LogP contribution >= 0.6 is 0 Å². The molecule has 18 heavy (non-hydrogen) atoms. The number of anilines is 1. The Bertz CT molecular complexity index is 413. The lowest BCUT2D eigenvalue weighted by atomic mass is 10.1. The first kappa shape index (κ1) is 14.6. The Morgan fingerprint density at radius 2 is 2.06 bits per heavy atom. The summed E-state index contributed by atoms with van der Waals surface area (Å²) < 4.78 is 0. The third kappa shape index (κ3) is 3.49. The van der Waals surface area contributed by atoms with Gasteiger partial charge < -0.3 is 10.2 Å². The highest BCUT2D eigenvalue weighted by atomic mass is 16.2. The molecule has 0 aromatic heterocycles. The standard InChI is InChI=1S/C15H24N2O/c1-6-17(10-11(2)3)15(18)13-7-8-14(16-5)12(4)9-13/h7-9,11,16H,6,10H2,1-5H3. The second kappa shape index (κ2) is 6.43. The number of carbonyl (C=O) groups is 1. The van der Waals surface area contributed by atoms with E-state index in [1.54, 1.807) is 0 Å². The fraction of sp³-hybridized carbons (Fsp3) is 0.533. The molecule has 0 bridgehead atoms. The largest absolute Gasteiger partial charge is 0.388 e. The number of hydrogen-bond donors (Lipinski definition) is 1. The van der Waals surface area contributed by atoms with Gasteiger partial charge in [0.05, 0.1) is 0 Å². The van der Waals surface area contributed by atoms with Crippen LogP contribution in [0.2, 0.25) is 0 Å². The van der Waals surface area contributed by atoms with Crippen LogP contribution in [0.25, 0.3) is 0 Å². The minimum Gasteiger partial charge on any atom is -0.388 e. The van der Waals surface area contributed by atoms with Gasteiger partial charge in [0.1, 0.15) is 0 Å². The molecule has 0 saturated carbocycles. The van der Waals surface area contributed by atoms with Crippen LogP contribution in [0, 0.1) is 12.8 Å². The summed E-state index contributed by atoms with van der Waals surface area (Å²) >= 11 is 0. The van der Waals surface area contributed by atoms with Crippen LogP contribution < -0.4 is 5.32 Å². The van der Waals surface area contributed by atoms with Gasteiger partial charge in [-0.05, 0) is 43.5 Å². The Labute approximate surface area is 110 Å². The third-order valence-corrected chi connectivity index (χ3v) is 3.00. The summed E-state index contributed by atoms with van der Waals surface area (Å²) in [4.78, 5) is 14.3. The number of rotatable bonds is 5.